The zero-order chi connectivity index (χ0) is 11.3. The fourth-order valence-electron chi connectivity index (χ4n) is 2.22. The quantitative estimate of drug-likeness (QED) is 0.231. The predicted octanol–water partition coefficient (Wildman–Crippen LogP) is 0.406. The van der Waals surface area contributed by atoms with E-state index in [1.54, 1.807) is 0 Å². The second-order valence-corrected chi connectivity index (χ2v) is 4.28. The van der Waals surface area contributed by atoms with Crippen LogP contribution in [0, 0.1) is 0 Å². The van der Waals surface area contributed by atoms with Crippen molar-refractivity contribution in [3.8, 4) is 0 Å². The molecule has 0 aliphatic heterocycles. The Labute approximate surface area is 90.3 Å². The fraction of sp³-hybridized carbons (Fsp3) is 0.900. The number of rotatable bonds is 5. The molecule has 1 saturated carbocycles. The Hall–Kier alpha value is -0.810. The summed E-state index contributed by atoms with van der Waals surface area (Å²) in [5.74, 6) is 0.192. The van der Waals surface area contributed by atoms with Crippen LogP contribution in [0.25, 0.3) is 0 Å². The van der Waals surface area contributed by atoms with Gasteiger partial charge in [0.2, 0.25) is 0 Å². The summed E-state index contributed by atoms with van der Waals surface area (Å²) < 4.78 is 0. The van der Waals surface area contributed by atoms with E-state index in [1.165, 1.54) is 0 Å². The van der Waals surface area contributed by atoms with Crippen molar-refractivity contribution in [2.24, 2.45) is 10.9 Å². The van der Waals surface area contributed by atoms with Crippen molar-refractivity contribution in [1.29, 1.82) is 0 Å². The second kappa shape index (κ2) is 5.32. The highest BCUT2D eigenvalue weighted by Crippen LogP contribution is 2.29. The van der Waals surface area contributed by atoms with Gasteiger partial charge in [0.25, 0.3) is 0 Å². The molecule has 88 valence electrons. The van der Waals surface area contributed by atoms with E-state index in [0.29, 0.717) is 0 Å². The maximum atomic E-state index is 9.41. The topological polar surface area (TPSA) is 90.9 Å². The molecule has 1 rings (SSSR count). The highest BCUT2D eigenvalue weighted by molar-refractivity contribution is 5.85. The highest BCUT2D eigenvalue weighted by Gasteiger charge is 2.35. The summed E-state index contributed by atoms with van der Waals surface area (Å²) in [7, 11) is 0. The lowest BCUT2D eigenvalue weighted by molar-refractivity contribution is 0.157. The molecule has 1 atom stereocenters. The van der Waals surface area contributed by atoms with Gasteiger partial charge in [-0.1, -0.05) is 24.9 Å². The summed E-state index contributed by atoms with van der Waals surface area (Å²) in [5.41, 5.74) is 5.35. The first-order chi connectivity index (χ1) is 7.17. The van der Waals surface area contributed by atoms with E-state index in [1.807, 2.05) is 6.92 Å². The van der Waals surface area contributed by atoms with Crippen molar-refractivity contribution in [3.63, 3.8) is 0 Å². The molecular weight excluding hydrogens is 194 g/mol. The minimum Gasteiger partial charge on any atom is -0.409 e. The van der Waals surface area contributed by atoms with Crippen LogP contribution in [-0.4, -0.2) is 34.3 Å². The van der Waals surface area contributed by atoms with Crippen LogP contribution in [0.3, 0.4) is 0 Å². The Bertz CT molecular complexity index is 225. The Morgan fingerprint density at radius 3 is 2.53 bits per heavy atom. The largest absolute Gasteiger partial charge is 0.409 e. The molecule has 0 bridgehead atoms. The fourth-order valence-corrected chi connectivity index (χ4v) is 2.22. The van der Waals surface area contributed by atoms with Gasteiger partial charge < -0.3 is 16.0 Å². The van der Waals surface area contributed by atoms with Gasteiger partial charge in [0.1, 0.15) is 0 Å². The average Bonchev–Trinajstić information content (AvgIpc) is 2.74. The maximum Gasteiger partial charge on any atom is 0.156 e. The van der Waals surface area contributed by atoms with Crippen LogP contribution >= 0.6 is 0 Å². The van der Waals surface area contributed by atoms with Crippen LogP contribution < -0.4 is 11.1 Å². The molecule has 0 saturated heterocycles. The van der Waals surface area contributed by atoms with Gasteiger partial charge >= 0.3 is 0 Å². The normalized spacial score (nSPS) is 22.9. The molecule has 5 N–H and O–H groups in total. The van der Waals surface area contributed by atoms with Crippen molar-refractivity contribution in [2.75, 3.05) is 6.61 Å². The van der Waals surface area contributed by atoms with E-state index in [2.05, 4.69) is 10.5 Å². The Morgan fingerprint density at radius 2 is 2.13 bits per heavy atom. The van der Waals surface area contributed by atoms with Crippen molar-refractivity contribution in [3.05, 3.63) is 0 Å². The van der Waals surface area contributed by atoms with E-state index in [0.717, 1.165) is 32.1 Å². The van der Waals surface area contributed by atoms with Crippen molar-refractivity contribution < 1.29 is 10.3 Å². The molecule has 15 heavy (non-hydrogen) atoms. The van der Waals surface area contributed by atoms with Crippen LogP contribution in [0.5, 0.6) is 0 Å². The zero-order valence-electron chi connectivity index (χ0n) is 9.24. The van der Waals surface area contributed by atoms with Crippen LogP contribution in [0.15, 0.2) is 5.16 Å². The summed E-state index contributed by atoms with van der Waals surface area (Å²) in [6, 6.07) is -0.153. The molecule has 0 amide bonds. The smallest absolute Gasteiger partial charge is 0.156 e. The number of aliphatic hydroxyl groups excluding tert-OH is 1. The second-order valence-electron chi connectivity index (χ2n) is 4.28. The van der Waals surface area contributed by atoms with E-state index in [4.69, 9.17) is 10.9 Å². The summed E-state index contributed by atoms with van der Waals surface area (Å²) in [5, 5.41) is 24.4. The SMILES string of the molecule is CCC(NC1(CO)CCCC1)C(N)=NO. The van der Waals surface area contributed by atoms with Crippen LogP contribution in [-0.2, 0) is 0 Å². The molecule has 1 aliphatic rings. The third-order valence-electron chi connectivity index (χ3n) is 3.22. The number of hydrogen-bond donors (Lipinski definition) is 4. The summed E-state index contributed by atoms with van der Waals surface area (Å²) >= 11 is 0. The molecule has 5 nitrogen and oxygen atoms in total. The minimum atomic E-state index is -0.226. The molecule has 0 aromatic carbocycles. The molecule has 0 aromatic rings. The highest BCUT2D eigenvalue weighted by atomic mass is 16.4. The van der Waals surface area contributed by atoms with E-state index >= 15 is 0 Å². The first-order valence-corrected chi connectivity index (χ1v) is 5.53. The predicted molar refractivity (Wildman–Crippen MR) is 58.9 cm³/mol. The zero-order valence-corrected chi connectivity index (χ0v) is 9.24. The number of oxime groups is 1. The van der Waals surface area contributed by atoms with Gasteiger partial charge in [0, 0.05) is 5.54 Å². The number of nitrogens with zero attached hydrogens (tertiary/aromatic N) is 1. The molecule has 0 heterocycles. The van der Waals surface area contributed by atoms with E-state index < -0.39 is 0 Å². The molecule has 1 fully saturated rings. The first kappa shape index (κ1) is 12.3. The number of nitrogens with one attached hydrogen (secondary N) is 1. The monoisotopic (exact) mass is 215 g/mol. The lowest BCUT2D eigenvalue weighted by Gasteiger charge is -2.32. The lowest BCUT2D eigenvalue weighted by Crippen LogP contribution is -2.55. The molecule has 0 aromatic heterocycles. The van der Waals surface area contributed by atoms with Crippen molar-refractivity contribution in [1.82, 2.24) is 5.32 Å². The molecule has 5 heteroatoms. The van der Waals surface area contributed by atoms with Crippen LogP contribution in [0.4, 0.5) is 0 Å². The van der Waals surface area contributed by atoms with Gasteiger partial charge in [0.05, 0.1) is 12.6 Å². The van der Waals surface area contributed by atoms with Gasteiger partial charge in [-0.15, -0.1) is 0 Å². The summed E-state index contributed by atoms with van der Waals surface area (Å²) in [6.07, 6.45) is 4.91. The summed E-state index contributed by atoms with van der Waals surface area (Å²) in [6.45, 7) is 2.08. The van der Waals surface area contributed by atoms with Gasteiger partial charge in [0.15, 0.2) is 5.84 Å². The Balaban J connectivity index is 2.63. The van der Waals surface area contributed by atoms with Crippen LogP contribution in [0.1, 0.15) is 39.0 Å². The Morgan fingerprint density at radius 1 is 1.53 bits per heavy atom. The van der Waals surface area contributed by atoms with Gasteiger partial charge in [-0.25, -0.2) is 0 Å². The number of nitrogens with two attached hydrogens (primary N) is 1. The standard InChI is InChI=1S/C10H21N3O2/c1-2-8(9(11)13-15)12-10(7-14)5-3-4-6-10/h8,12,14-15H,2-7H2,1H3,(H2,11,13). The molecule has 0 spiro atoms. The molecule has 1 unspecified atom stereocenters. The Kier molecular flexibility index (Phi) is 4.35. The lowest BCUT2D eigenvalue weighted by atomic mass is 9.96. The summed E-state index contributed by atoms with van der Waals surface area (Å²) in [4.78, 5) is 0. The van der Waals surface area contributed by atoms with Crippen molar-refractivity contribution >= 4 is 5.84 Å². The van der Waals surface area contributed by atoms with Gasteiger partial charge in [-0.3, -0.25) is 5.32 Å². The molecule has 1 aliphatic carbocycles. The molecule has 0 radical (unpaired) electrons. The van der Waals surface area contributed by atoms with Gasteiger partial charge in [-0.2, -0.15) is 0 Å². The van der Waals surface area contributed by atoms with Gasteiger partial charge in [-0.05, 0) is 19.3 Å². The minimum absolute atomic E-state index is 0.113. The van der Waals surface area contributed by atoms with E-state index in [9.17, 15) is 5.11 Å². The third kappa shape index (κ3) is 2.82. The number of amidine groups is 1. The van der Waals surface area contributed by atoms with E-state index in [-0.39, 0.29) is 24.0 Å². The van der Waals surface area contributed by atoms with Crippen LogP contribution in [0.2, 0.25) is 0 Å². The third-order valence-corrected chi connectivity index (χ3v) is 3.22. The maximum absolute atomic E-state index is 9.41. The van der Waals surface area contributed by atoms with Crippen molar-refractivity contribution in [2.45, 2.75) is 50.6 Å². The number of hydrogen-bond acceptors (Lipinski definition) is 4. The number of aliphatic hydroxyl groups is 1. The first-order valence-electron chi connectivity index (χ1n) is 5.53. The molecular formula is C10H21N3O2. The average molecular weight is 215 g/mol.